The van der Waals surface area contributed by atoms with E-state index >= 15 is 0 Å². The zero-order chi connectivity index (χ0) is 15.2. The first-order valence-corrected chi connectivity index (χ1v) is 10.0. The van der Waals surface area contributed by atoms with Crippen molar-refractivity contribution in [1.29, 1.82) is 0 Å². The summed E-state index contributed by atoms with van der Waals surface area (Å²) in [6.07, 6.45) is 2.05. The van der Waals surface area contributed by atoms with E-state index in [9.17, 15) is 4.39 Å². The molecule has 3 unspecified atom stereocenters. The third-order valence-corrected chi connectivity index (χ3v) is 7.51. The zero-order valence-corrected chi connectivity index (χ0v) is 15.0. The van der Waals surface area contributed by atoms with Crippen molar-refractivity contribution in [3.63, 3.8) is 0 Å². The van der Waals surface area contributed by atoms with E-state index in [0.717, 1.165) is 18.5 Å². The van der Waals surface area contributed by atoms with Gasteiger partial charge in [-0.25, -0.2) is 4.39 Å². The molecule has 118 valence electrons. The second-order valence-electron chi connectivity index (χ2n) is 5.27. The highest BCUT2D eigenvalue weighted by atomic mass is 35.5. The van der Waals surface area contributed by atoms with E-state index in [4.69, 9.17) is 11.6 Å². The summed E-state index contributed by atoms with van der Waals surface area (Å²) in [5, 5.41) is 5.09. The average molecular weight is 348 g/mol. The second kappa shape index (κ2) is 8.66. The molecule has 21 heavy (non-hydrogen) atoms. The van der Waals surface area contributed by atoms with E-state index in [1.807, 2.05) is 6.07 Å². The van der Waals surface area contributed by atoms with Gasteiger partial charge in [0.25, 0.3) is 0 Å². The van der Waals surface area contributed by atoms with E-state index in [-0.39, 0.29) is 10.8 Å². The molecule has 3 atom stereocenters. The Labute approximate surface area is 140 Å². The fourth-order valence-corrected chi connectivity index (χ4v) is 6.18. The Morgan fingerprint density at radius 2 is 2.10 bits per heavy atom. The Bertz CT molecular complexity index is 458. The number of hydrogen-bond acceptors (Lipinski definition) is 3. The van der Waals surface area contributed by atoms with Crippen molar-refractivity contribution in [1.82, 2.24) is 5.32 Å². The number of benzene rings is 1. The molecule has 1 aromatic carbocycles. The molecule has 1 aromatic rings. The molecular weight excluding hydrogens is 325 g/mol. The van der Waals surface area contributed by atoms with E-state index in [1.54, 1.807) is 12.1 Å². The molecule has 0 aromatic heterocycles. The molecule has 0 aliphatic carbocycles. The predicted octanol–water partition coefficient (Wildman–Crippen LogP) is 4.63. The summed E-state index contributed by atoms with van der Waals surface area (Å²) in [6.45, 7) is 5.34. The lowest BCUT2D eigenvalue weighted by molar-refractivity contribution is 0.489. The standard InChI is InChI=1S/C16H23ClFNS2/c1-3-15-16(21-8-7-20-15)14(19-4-2)10-11-5-6-12(17)13(18)9-11/h5-6,9,14-16,19H,3-4,7-8,10H2,1-2H3. The SMILES string of the molecule is CCNC(Cc1ccc(Cl)c(F)c1)C1SCCSC1CC. The van der Waals surface area contributed by atoms with Crippen LogP contribution in [0.25, 0.3) is 0 Å². The Balaban J connectivity index is 2.11. The summed E-state index contributed by atoms with van der Waals surface area (Å²) in [5.41, 5.74) is 1.02. The van der Waals surface area contributed by atoms with Crippen LogP contribution in [0, 0.1) is 5.82 Å². The van der Waals surface area contributed by atoms with E-state index in [0.29, 0.717) is 16.5 Å². The van der Waals surface area contributed by atoms with Gasteiger partial charge in [0.1, 0.15) is 5.82 Å². The monoisotopic (exact) mass is 347 g/mol. The molecule has 0 amide bonds. The van der Waals surface area contributed by atoms with Crippen LogP contribution in [-0.2, 0) is 6.42 Å². The molecule has 1 saturated heterocycles. The van der Waals surface area contributed by atoms with Crippen LogP contribution in [0.15, 0.2) is 18.2 Å². The molecule has 5 heteroatoms. The van der Waals surface area contributed by atoms with Crippen molar-refractivity contribution >= 4 is 35.1 Å². The number of thioether (sulfide) groups is 2. The fourth-order valence-electron chi connectivity index (χ4n) is 2.80. The highest BCUT2D eigenvalue weighted by Gasteiger charge is 2.31. The Morgan fingerprint density at radius 1 is 1.33 bits per heavy atom. The summed E-state index contributed by atoms with van der Waals surface area (Å²) in [4.78, 5) is 0. The molecule has 0 spiro atoms. The molecule has 1 fully saturated rings. The third kappa shape index (κ3) is 4.78. The van der Waals surface area contributed by atoms with Gasteiger partial charge in [0.15, 0.2) is 0 Å². The van der Waals surface area contributed by atoms with Gasteiger partial charge in [-0.1, -0.05) is 31.5 Å². The molecule has 1 nitrogen and oxygen atoms in total. The van der Waals surface area contributed by atoms with Gasteiger partial charge in [0.2, 0.25) is 0 Å². The van der Waals surface area contributed by atoms with Gasteiger partial charge in [-0.05, 0) is 37.1 Å². The maximum absolute atomic E-state index is 13.6. The van der Waals surface area contributed by atoms with Crippen LogP contribution in [0.5, 0.6) is 0 Å². The third-order valence-electron chi connectivity index (χ3n) is 3.80. The first kappa shape index (κ1) is 17.5. The highest BCUT2D eigenvalue weighted by Crippen LogP contribution is 2.36. The van der Waals surface area contributed by atoms with Crippen molar-refractivity contribution in [3.05, 3.63) is 34.6 Å². The highest BCUT2D eigenvalue weighted by molar-refractivity contribution is 8.07. The lowest BCUT2D eigenvalue weighted by Gasteiger charge is -2.36. The molecule has 1 heterocycles. The number of rotatable bonds is 6. The summed E-state index contributed by atoms with van der Waals surface area (Å²) in [7, 11) is 0. The van der Waals surface area contributed by atoms with Gasteiger partial charge in [-0.2, -0.15) is 23.5 Å². The summed E-state index contributed by atoms with van der Waals surface area (Å²) < 4.78 is 13.6. The lowest BCUT2D eigenvalue weighted by atomic mass is 10.00. The van der Waals surface area contributed by atoms with E-state index in [1.165, 1.54) is 17.9 Å². The molecule has 2 rings (SSSR count). The molecular formula is C16H23ClFNS2. The number of hydrogen-bond donors (Lipinski definition) is 1. The Morgan fingerprint density at radius 3 is 2.76 bits per heavy atom. The minimum atomic E-state index is -0.317. The summed E-state index contributed by atoms with van der Waals surface area (Å²) in [5.74, 6) is 2.14. The van der Waals surface area contributed by atoms with Gasteiger partial charge in [0, 0.05) is 28.0 Å². The largest absolute Gasteiger partial charge is 0.313 e. The Kier molecular flexibility index (Phi) is 7.20. The Hall–Kier alpha value is 0.1000. The van der Waals surface area contributed by atoms with Crippen LogP contribution in [0.2, 0.25) is 5.02 Å². The zero-order valence-electron chi connectivity index (χ0n) is 12.6. The predicted molar refractivity (Wildman–Crippen MR) is 95.4 cm³/mol. The number of nitrogens with one attached hydrogen (secondary N) is 1. The molecule has 1 aliphatic rings. The molecule has 1 N–H and O–H groups in total. The van der Waals surface area contributed by atoms with Gasteiger partial charge >= 0.3 is 0 Å². The maximum Gasteiger partial charge on any atom is 0.142 e. The summed E-state index contributed by atoms with van der Waals surface area (Å²) >= 11 is 9.93. The van der Waals surface area contributed by atoms with Crippen molar-refractivity contribution in [3.8, 4) is 0 Å². The smallest absolute Gasteiger partial charge is 0.142 e. The van der Waals surface area contributed by atoms with Gasteiger partial charge in [-0.15, -0.1) is 0 Å². The van der Waals surface area contributed by atoms with Crippen LogP contribution < -0.4 is 5.32 Å². The second-order valence-corrected chi connectivity index (χ2v) is 8.31. The number of halogens is 2. The molecule has 1 aliphatic heterocycles. The minimum absolute atomic E-state index is 0.202. The van der Waals surface area contributed by atoms with E-state index < -0.39 is 0 Å². The topological polar surface area (TPSA) is 12.0 Å². The normalized spacial score (nSPS) is 24.0. The lowest BCUT2D eigenvalue weighted by Crippen LogP contribution is -2.46. The molecule has 0 saturated carbocycles. The minimum Gasteiger partial charge on any atom is -0.313 e. The van der Waals surface area contributed by atoms with E-state index in [2.05, 4.69) is 42.7 Å². The van der Waals surface area contributed by atoms with Crippen LogP contribution in [0.3, 0.4) is 0 Å². The van der Waals surface area contributed by atoms with Crippen LogP contribution in [0.4, 0.5) is 4.39 Å². The van der Waals surface area contributed by atoms with Crippen molar-refractivity contribution in [2.45, 2.75) is 43.2 Å². The van der Waals surface area contributed by atoms with Crippen molar-refractivity contribution < 1.29 is 4.39 Å². The van der Waals surface area contributed by atoms with Crippen molar-refractivity contribution in [2.24, 2.45) is 0 Å². The van der Waals surface area contributed by atoms with Crippen LogP contribution >= 0.6 is 35.1 Å². The fraction of sp³-hybridized carbons (Fsp3) is 0.625. The first-order valence-electron chi connectivity index (χ1n) is 7.56. The van der Waals surface area contributed by atoms with Crippen molar-refractivity contribution in [2.75, 3.05) is 18.1 Å². The number of likely N-dealkylation sites (N-methyl/N-ethyl adjacent to an activating group) is 1. The summed E-state index contributed by atoms with van der Waals surface area (Å²) in [6, 6.07) is 5.57. The van der Waals surface area contributed by atoms with Crippen LogP contribution in [-0.4, -0.2) is 34.6 Å². The first-order chi connectivity index (χ1) is 10.2. The van der Waals surface area contributed by atoms with Gasteiger partial charge in [0.05, 0.1) is 5.02 Å². The van der Waals surface area contributed by atoms with Gasteiger partial charge < -0.3 is 5.32 Å². The van der Waals surface area contributed by atoms with Crippen LogP contribution in [0.1, 0.15) is 25.8 Å². The molecule has 0 radical (unpaired) electrons. The maximum atomic E-state index is 13.6. The van der Waals surface area contributed by atoms with Gasteiger partial charge in [-0.3, -0.25) is 0 Å². The molecule has 0 bridgehead atoms. The quantitative estimate of drug-likeness (QED) is 0.806. The average Bonchev–Trinajstić information content (AvgIpc) is 2.50.